The van der Waals surface area contributed by atoms with E-state index in [2.05, 4.69) is 0 Å². The molecule has 3 rings (SSSR count). The summed E-state index contributed by atoms with van der Waals surface area (Å²) in [5.74, 6) is -2.21. The Morgan fingerprint density at radius 2 is 1.86 bits per heavy atom. The number of nitrogens with zero attached hydrogens (tertiary/aromatic N) is 2. The Bertz CT molecular complexity index is 726. The summed E-state index contributed by atoms with van der Waals surface area (Å²) in [6.45, 7) is 3.65. The molecule has 0 radical (unpaired) electrons. The molecule has 1 amide bonds. The van der Waals surface area contributed by atoms with Gasteiger partial charge in [-0.15, -0.1) is 0 Å². The van der Waals surface area contributed by atoms with E-state index in [-0.39, 0.29) is 18.5 Å². The quantitative estimate of drug-likeness (QED) is 0.805. The van der Waals surface area contributed by atoms with Gasteiger partial charge in [0, 0.05) is 30.8 Å². The van der Waals surface area contributed by atoms with Crippen LogP contribution in [-0.2, 0) is 15.0 Å². The molecule has 0 spiro atoms. The molecule has 1 saturated heterocycles. The van der Waals surface area contributed by atoms with Crippen molar-refractivity contribution in [1.82, 2.24) is 9.80 Å². The SMILES string of the molecule is CCN(CC(=O)O)C1CCN(C(=O)C2(c3ccc(F)cc3F)CCCC2)CC1. The van der Waals surface area contributed by atoms with E-state index in [1.54, 1.807) is 4.90 Å². The standard InChI is InChI=1S/C21H28F2N2O3/c1-2-24(14-19(26)27)16-7-11-25(12-8-16)20(28)21(9-3-4-10-21)17-6-5-15(22)13-18(17)23/h5-6,13,16H,2-4,7-12,14H2,1H3,(H,26,27). The number of carbonyl (C=O) groups excluding carboxylic acids is 1. The topological polar surface area (TPSA) is 60.9 Å². The highest BCUT2D eigenvalue weighted by Crippen LogP contribution is 2.44. The van der Waals surface area contributed by atoms with Crippen molar-refractivity contribution in [2.75, 3.05) is 26.2 Å². The van der Waals surface area contributed by atoms with E-state index in [0.29, 0.717) is 50.9 Å². The summed E-state index contributed by atoms with van der Waals surface area (Å²) >= 11 is 0. The Morgan fingerprint density at radius 1 is 1.21 bits per heavy atom. The number of benzene rings is 1. The molecule has 1 aliphatic heterocycles. The second-order valence-corrected chi connectivity index (χ2v) is 7.89. The van der Waals surface area contributed by atoms with Crippen molar-refractivity contribution in [2.45, 2.75) is 56.9 Å². The van der Waals surface area contributed by atoms with Gasteiger partial charge in [0.05, 0.1) is 12.0 Å². The Hall–Kier alpha value is -2.02. The van der Waals surface area contributed by atoms with Crippen LogP contribution < -0.4 is 0 Å². The van der Waals surface area contributed by atoms with Crippen molar-refractivity contribution < 1.29 is 23.5 Å². The van der Waals surface area contributed by atoms with Gasteiger partial charge in [0.2, 0.25) is 5.91 Å². The van der Waals surface area contributed by atoms with Crippen LogP contribution in [0.4, 0.5) is 8.78 Å². The molecule has 1 aromatic carbocycles. The number of likely N-dealkylation sites (N-methyl/N-ethyl adjacent to an activating group) is 1. The van der Waals surface area contributed by atoms with Gasteiger partial charge in [-0.05, 0) is 38.3 Å². The Kier molecular flexibility index (Phi) is 6.33. The number of aliphatic carboxylic acids is 1. The molecule has 1 aromatic rings. The lowest BCUT2D eigenvalue weighted by atomic mass is 9.76. The highest BCUT2D eigenvalue weighted by molar-refractivity contribution is 5.89. The maximum absolute atomic E-state index is 14.5. The molecular weight excluding hydrogens is 366 g/mol. The van der Waals surface area contributed by atoms with Crippen LogP contribution in [0.1, 0.15) is 51.0 Å². The molecule has 0 atom stereocenters. The zero-order valence-corrected chi connectivity index (χ0v) is 16.3. The summed E-state index contributed by atoms with van der Waals surface area (Å²) in [4.78, 5) is 28.2. The average Bonchev–Trinajstić information content (AvgIpc) is 3.16. The van der Waals surface area contributed by atoms with E-state index in [1.165, 1.54) is 12.1 Å². The van der Waals surface area contributed by atoms with Gasteiger partial charge in [-0.1, -0.05) is 25.8 Å². The predicted octanol–water partition coefficient (Wildman–Crippen LogP) is 3.17. The van der Waals surface area contributed by atoms with E-state index < -0.39 is 23.0 Å². The molecule has 7 heteroatoms. The van der Waals surface area contributed by atoms with E-state index in [9.17, 15) is 18.4 Å². The molecular formula is C21H28F2N2O3. The fourth-order valence-electron chi connectivity index (χ4n) is 4.86. The first-order valence-corrected chi connectivity index (χ1v) is 10.1. The third kappa shape index (κ3) is 4.04. The third-order valence-electron chi connectivity index (χ3n) is 6.33. The number of carboxylic acids is 1. The number of carboxylic acid groups (broad SMARTS) is 1. The summed E-state index contributed by atoms with van der Waals surface area (Å²) in [6, 6.07) is 3.64. The van der Waals surface area contributed by atoms with Crippen LogP contribution in [0.15, 0.2) is 18.2 Å². The maximum Gasteiger partial charge on any atom is 0.317 e. The average molecular weight is 394 g/mol. The minimum absolute atomic E-state index is 0.000157. The van der Waals surface area contributed by atoms with Gasteiger partial charge in [0.1, 0.15) is 11.6 Å². The molecule has 2 aliphatic rings. The van der Waals surface area contributed by atoms with Gasteiger partial charge in [-0.2, -0.15) is 0 Å². The number of rotatable bonds is 6. The lowest BCUT2D eigenvalue weighted by Crippen LogP contribution is -2.52. The minimum Gasteiger partial charge on any atom is -0.480 e. The van der Waals surface area contributed by atoms with Crippen LogP contribution in [0.5, 0.6) is 0 Å². The Balaban J connectivity index is 1.74. The lowest BCUT2D eigenvalue weighted by molar-refractivity contribution is -0.142. The zero-order chi connectivity index (χ0) is 20.3. The molecule has 28 heavy (non-hydrogen) atoms. The van der Waals surface area contributed by atoms with Gasteiger partial charge in [0.15, 0.2) is 0 Å². The van der Waals surface area contributed by atoms with Crippen LogP contribution >= 0.6 is 0 Å². The number of halogens is 2. The number of amides is 1. The predicted molar refractivity (Wildman–Crippen MR) is 101 cm³/mol. The van der Waals surface area contributed by atoms with E-state index in [4.69, 9.17) is 5.11 Å². The Labute approximate surface area is 164 Å². The molecule has 1 N–H and O–H groups in total. The van der Waals surface area contributed by atoms with Crippen molar-refractivity contribution >= 4 is 11.9 Å². The summed E-state index contributed by atoms with van der Waals surface area (Å²) in [6.07, 6.45) is 4.26. The molecule has 154 valence electrons. The van der Waals surface area contributed by atoms with E-state index >= 15 is 0 Å². The molecule has 0 unspecified atom stereocenters. The smallest absolute Gasteiger partial charge is 0.317 e. The van der Waals surface area contributed by atoms with Crippen molar-refractivity contribution in [3.8, 4) is 0 Å². The number of hydrogen-bond donors (Lipinski definition) is 1. The molecule has 0 bridgehead atoms. The summed E-state index contributed by atoms with van der Waals surface area (Å²) in [5, 5.41) is 9.07. The van der Waals surface area contributed by atoms with Gasteiger partial charge >= 0.3 is 5.97 Å². The first-order valence-electron chi connectivity index (χ1n) is 10.1. The van der Waals surface area contributed by atoms with Gasteiger partial charge in [0.25, 0.3) is 0 Å². The maximum atomic E-state index is 14.5. The third-order valence-corrected chi connectivity index (χ3v) is 6.33. The first-order chi connectivity index (χ1) is 13.4. The number of likely N-dealkylation sites (tertiary alicyclic amines) is 1. The minimum atomic E-state index is -0.907. The number of hydrogen-bond acceptors (Lipinski definition) is 3. The number of carbonyl (C=O) groups is 2. The zero-order valence-electron chi connectivity index (χ0n) is 16.3. The van der Waals surface area contributed by atoms with Crippen LogP contribution in [0, 0.1) is 11.6 Å². The van der Waals surface area contributed by atoms with Gasteiger partial charge in [-0.3, -0.25) is 14.5 Å². The second kappa shape index (κ2) is 8.55. The molecule has 1 saturated carbocycles. The van der Waals surface area contributed by atoms with Crippen LogP contribution in [0.25, 0.3) is 0 Å². The normalized spacial score (nSPS) is 19.9. The van der Waals surface area contributed by atoms with Crippen LogP contribution in [-0.4, -0.2) is 59.0 Å². The fraction of sp³-hybridized carbons (Fsp3) is 0.619. The molecule has 2 fully saturated rings. The van der Waals surface area contributed by atoms with E-state index in [0.717, 1.165) is 18.9 Å². The molecule has 1 heterocycles. The summed E-state index contributed by atoms with van der Waals surface area (Å²) in [7, 11) is 0. The second-order valence-electron chi connectivity index (χ2n) is 7.89. The van der Waals surface area contributed by atoms with Crippen molar-refractivity contribution in [3.05, 3.63) is 35.4 Å². The Morgan fingerprint density at radius 3 is 2.39 bits per heavy atom. The fourth-order valence-corrected chi connectivity index (χ4v) is 4.86. The highest BCUT2D eigenvalue weighted by Gasteiger charge is 2.47. The van der Waals surface area contributed by atoms with E-state index in [1.807, 2.05) is 11.8 Å². The largest absolute Gasteiger partial charge is 0.480 e. The summed E-state index contributed by atoms with van der Waals surface area (Å²) < 4.78 is 27.9. The van der Waals surface area contributed by atoms with Crippen LogP contribution in [0.2, 0.25) is 0 Å². The van der Waals surface area contributed by atoms with Crippen LogP contribution in [0.3, 0.4) is 0 Å². The first kappa shape index (κ1) is 20.7. The molecule has 0 aromatic heterocycles. The molecule has 5 nitrogen and oxygen atoms in total. The number of piperidine rings is 1. The van der Waals surface area contributed by atoms with Crippen molar-refractivity contribution in [2.24, 2.45) is 0 Å². The monoisotopic (exact) mass is 394 g/mol. The van der Waals surface area contributed by atoms with Crippen molar-refractivity contribution in [1.29, 1.82) is 0 Å². The lowest BCUT2D eigenvalue weighted by Gasteiger charge is -2.41. The highest BCUT2D eigenvalue weighted by atomic mass is 19.1. The van der Waals surface area contributed by atoms with Gasteiger partial charge in [-0.25, -0.2) is 8.78 Å². The van der Waals surface area contributed by atoms with Gasteiger partial charge < -0.3 is 10.0 Å². The molecule has 1 aliphatic carbocycles. The summed E-state index contributed by atoms with van der Waals surface area (Å²) in [5.41, 5.74) is -0.601. The van der Waals surface area contributed by atoms with Crippen molar-refractivity contribution in [3.63, 3.8) is 0 Å².